The normalized spacial score (nSPS) is 21.3. The summed E-state index contributed by atoms with van der Waals surface area (Å²) in [7, 11) is 0. The number of halogens is 1. The Bertz CT molecular complexity index is 433. The van der Waals surface area contributed by atoms with Crippen LogP contribution >= 0.6 is 0 Å². The predicted molar refractivity (Wildman–Crippen MR) is 75.2 cm³/mol. The summed E-state index contributed by atoms with van der Waals surface area (Å²) in [5.74, 6) is 0. The van der Waals surface area contributed by atoms with Crippen molar-refractivity contribution >= 4 is 23.1 Å². The molecule has 94 valence electrons. The van der Waals surface area contributed by atoms with E-state index in [4.69, 9.17) is 0 Å². The Morgan fingerprint density at radius 2 is 1.37 bits per heavy atom. The van der Waals surface area contributed by atoms with Gasteiger partial charge >= 0.3 is 23.1 Å². The van der Waals surface area contributed by atoms with Crippen LogP contribution in [0, 0.1) is 0 Å². The summed E-state index contributed by atoms with van der Waals surface area (Å²) in [6, 6.07) is 21.6. The number of hydrogen-bond acceptors (Lipinski definition) is 1. The van der Waals surface area contributed by atoms with Crippen LogP contribution in [0.4, 0.5) is 0 Å². The summed E-state index contributed by atoms with van der Waals surface area (Å²) < 4.78 is 0. The van der Waals surface area contributed by atoms with E-state index in [9.17, 15) is 0 Å². The zero-order valence-electron chi connectivity index (χ0n) is 10.7. The number of benzene rings is 2. The molecular formula is C15H15BrMgN2. The van der Waals surface area contributed by atoms with E-state index in [0.717, 1.165) is 6.42 Å². The number of rotatable bonds is 2. The van der Waals surface area contributed by atoms with E-state index in [1.807, 2.05) is 12.1 Å². The molecule has 1 heterocycles. The first-order valence-electron chi connectivity index (χ1n) is 5.99. The molecule has 2 atom stereocenters. The predicted octanol–water partition coefficient (Wildman–Crippen LogP) is 0.374. The van der Waals surface area contributed by atoms with Crippen molar-refractivity contribution in [1.29, 1.82) is 0 Å². The molecule has 0 aromatic heterocycles. The van der Waals surface area contributed by atoms with Gasteiger partial charge in [-0.15, -0.1) is 0 Å². The molecule has 4 heteroatoms. The van der Waals surface area contributed by atoms with Crippen molar-refractivity contribution in [2.24, 2.45) is 0 Å². The molecule has 1 fully saturated rings. The SMILES string of the molecule is [Br-].[Mg+2].c1ccc([C@H]2C[C@H](c3ccccc3)N[N-]2)cc1. The van der Waals surface area contributed by atoms with Gasteiger partial charge in [-0.25, -0.2) is 0 Å². The average molecular weight is 328 g/mol. The van der Waals surface area contributed by atoms with E-state index in [1.54, 1.807) is 0 Å². The molecule has 0 bridgehead atoms. The maximum atomic E-state index is 4.51. The quantitative estimate of drug-likeness (QED) is 0.793. The second kappa shape index (κ2) is 8.02. The molecule has 0 aliphatic carbocycles. The maximum Gasteiger partial charge on any atom is 2.00 e. The molecule has 1 aliphatic heterocycles. The second-order valence-electron chi connectivity index (χ2n) is 4.38. The van der Waals surface area contributed by atoms with E-state index < -0.39 is 0 Å². The van der Waals surface area contributed by atoms with Crippen LogP contribution in [0.5, 0.6) is 0 Å². The Kier molecular flexibility index (Phi) is 7.03. The largest absolute Gasteiger partial charge is 2.00 e. The van der Waals surface area contributed by atoms with E-state index in [0.29, 0.717) is 6.04 Å². The number of nitrogens with one attached hydrogen (secondary N) is 1. The minimum atomic E-state index is 0. The maximum absolute atomic E-state index is 4.51. The number of hydrogen-bond donors (Lipinski definition) is 1. The third-order valence-electron chi connectivity index (χ3n) is 3.23. The molecule has 19 heavy (non-hydrogen) atoms. The Morgan fingerprint density at radius 1 is 0.842 bits per heavy atom. The molecule has 2 aromatic carbocycles. The second-order valence-corrected chi connectivity index (χ2v) is 4.38. The van der Waals surface area contributed by atoms with Crippen molar-refractivity contribution in [1.82, 2.24) is 5.43 Å². The number of nitrogens with zero attached hydrogens (tertiary/aromatic N) is 1. The van der Waals surface area contributed by atoms with Crippen LogP contribution in [0.25, 0.3) is 5.43 Å². The van der Waals surface area contributed by atoms with Gasteiger partial charge in [0.25, 0.3) is 0 Å². The van der Waals surface area contributed by atoms with Crippen molar-refractivity contribution in [2.45, 2.75) is 18.5 Å². The topological polar surface area (TPSA) is 26.1 Å². The fraction of sp³-hybridized carbons (Fsp3) is 0.200. The summed E-state index contributed by atoms with van der Waals surface area (Å²) in [5, 5.41) is 0. The van der Waals surface area contributed by atoms with Gasteiger partial charge in [0.1, 0.15) is 0 Å². The fourth-order valence-electron chi connectivity index (χ4n) is 2.29. The van der Waals surface area contributed by atoms with Gasteiger partial charge < -0.3 is 27.8 Å². The van der Waals surface area contributed by atoms with Crippen LogP contribution in [0.1, 0.15) is 29.6 Å². The van der Waals surface area contributed by atoms with Crippen LogP contribution in [0.3, 0.4) is 0 Å². The Balaban J connectivity index is 0.000000902. The molecule has 1 saturated heterocycles. The standard InChI is InChI=1S/C15H15N2.BrH.Mg/c1-3-7-12(8-4-1)14-11-15(17-16-14)13-9-5-2-6-10-13;;/h1-10,14-16H,11H2;1H;/q-1;;+2/p-1/t14-,15-;;/m1../s1. The van der Waals surface area contributed by atoms with E-state index >= 15 is 0 Å². The fourth-order valence-corrected chi connectivity index (χ4v) is 2.29. The summed E-state index contributed by atoms with van der Waals surface area (Å²) in [5.41, 5.74) is 10.4. The molecule has 0 radical (unpaired) electrons. The van der Waals surface area contributed by atoms with Crippen LogP contribution in [-0.4, -0.2) is 23.1 Å². The van der Waals surface area contributed by atoms with Crippen LogP contribution in [0.15, 0.2) is 60.7 Å². The monoisotopic (exact) mass is 326 g/mol. The molecule has 3 rings (SSSR count). The Morgan fingerprint density at radius 3 is 1.95 bits per heavy atom. The minimum absolute atomic E-state index is 0. The summed E-state index contributed by atoms with van der Waals surface area (Å²) >= 11 is 0. The minimum Gasteiger partial charge on any atom is -1.00 e. The summed E-state index contributed by atoms with van der Waals surface area (Å²) in [6.45, 7) is 0. The van der Waals surface area contributed by atoms with Crippen molar-refractivity contribution in [3.05, 3.63) is 77.2 Å². The summed E-state index contributed by atoms with van der Waals surface area (Å²) in [4.78, 5) is 0. The van der Waals surface area contributed by atoms with Crippen molar-refractivity contribution in [3.63, 3.8) is 0 Å². The van der Waals surface area contributed by atoms with Crippen LogP contribution in [0.2, 0.25) is 0 Å². The van der Waals surface area contributed by atoms with Crippen molar-refractivity contribution < 1.29 is 17.0 Å². The Labute approximate surface area is 140 Å². The van der Waals surface area contributed by atoms with Crippen molar-refractivity contribution in [2.75, 3.05) is 0 Å². The van der Waals surface area contributed by atoms with E-state index in [2.05, 4.69) is 59.4 Å². The zero-order valence-corrected chi connectivity index (χ0v) is 13.7. The van der Waals surface area contributed by atoms with Gasteiger partial charge in [0.15, 0.2) is 0 Å². The van der Waals surface area contributed by atoms with E-state index in [-0.39, 0.29) is 46.1 Å². The third kappa shape index (κ3) is 4.03. The molecule has 0 spiro atoms. The van der Waals surface area contributed by atoms with Gasteiger partial charge in [-0.3, -0.25) is 0 Å². The smallest absolute Gasteiger partial charge is 1.00 e. The summed E-state index contributed by atoms with van der Waals surface area (Å²) in [6.07, 6.45) is 1.04. The average Bonchev–Trinajstić information content (AvgIpc) is 2.90. The Hall–Kier alpha value is -0.394. The van der Waals surface area contributed by atoms with Gasteiger partial charge in [0, 0.05) is 6.04 Å². The molecule has 0 unspecified atom stereocenters. The van der Waals surface area contributed by atoms with Crippen molar-refractivity contribution in [3.8, 4) is 0 Å². The zero-order chi connectivity index (χ0) is 11.5. The first-order chi connectivity index (χ1) is 8.43. The van der Waals surface area contributed by atoms with Gasteiger partial charge in [-0.05, 0) is 12.0 Å². The van der Waals surface area contributed by atoms with Gasteiger partial charge in [0.05, 0.1) is 0 Å². The first-order valence-corrected chi connectivity index (χ1v) is 5.99. The van der Waals surface area contributed by atoms with Gasteiger partial charge in [0.2, 0.25) is 0 Å². The van der Waals surface area contributed by atoms with Gasteiger partial charge in [-0.1, -0.05) is 72.3 Å². The first kappa shape index (κ1) is 16.7. The van der Waals surface area contributed by atoms with Crippen LogP contribution < -0.4 is 22.4 Å². The molecular weight excluding hydrogens is 312 g/mol. The molecule has 2 nitrogen and oxygen atoms in total. The molecule has 0 saturated carbocycles. The third-order valence-corrected chi connectivity index (χ3v) is 3.23. The van der Waals surface area contributed by atoms with Gasteiger partial charge in [-0.2, -0.15) is 0 Å². The van der Waals surface area contributed by atoms with Crippen LogP contribution in [-0.2, 0) is 0 Å². The molecule has 2 aromatic rings. The molecule has 0 amide bonds. The molecule has 1 aliphatic rings. The molecule has 1 N–H and O–H groups in total. The van der Waals surface area contributed by atoms with E-state index in [1.165, 1.54) is 11.1 Å².